The summed E-state index contributed by atoms with van der Waals surface area (Å²) >= 11 is 0. The van der Waals surface area contributed by atoms with Crippen LogP contribution >= 0.6 is 0 Å². The summed E-state index contributed by atoms with van der Waals surface area (Å²) in [7, 11) is 3.86. The Labute approximate surface area is 54.3 Å². The largest absolute Gasteiger partial charge is 0.360 e. The Morgan fingerprint density at radius 1 is 1.56 bits per heavy atom. The molecule has 0 bridgehead atoms. The lowest BCUT2D eigenvalue weighted by atomic mass is 10.5. The van der Waals surface area contributed by atoms with Gasteiger partial charge in [-0.25, -0.2) is 0 Å². The van der Waals surface area contributed by atoms with Crippen molar-refractivity contribution in [2.75, 3.05) is 19.0 Å². The van der Waals surface area contributed by atoms with Crippen LogP contribution in [0.3, 0.4) is 0 Å². The molecule has 1 aromatic rings. The third kappa shape index (κ3) is 1.22. The van der Waals surface area contributed by atoms with Gasteiger partial charge in [0.2, 0.25) is 0 Å². The molecule has 1 heterocycles. The van der Waals surface area contributed by atoms with Gasteiger partial charge in [-0.2, -0.15) is 0 Å². The van der Waals surface area contributed by atoms with E-state index in [-0.39, 0.29) is 0 Å². The molecule has 0 fully saturated rings. The van der Waals surface area contributed by atoms with Gasteiger partial charge in [0.1, 0.15) is 5.76 Å². The summed E-state index contributed by atoms with van der Waals surface area (Å²) in [6.07, 6.45) is 0. The molecule has 0 aromatic carbocycles. The van der Waals surface area contributed by atoms with Crippen LogP contribution in [0.2, 0.25) is 0 Å². The van der Waals surface area contributed by atoms with Crippen molar-refractivity contribution in [3.8, 4) is 0 Å². The smallest absolute Gasteiger partial charge is 0.171 e. The zero-order chi connectivity index (χ0) is 6.85. The van der Waals surface area contributed by atoms with Crippen LogP contribution in [0, 0.1) is 6.92 Å². The Morgan fingerprint density at radius 3 is 2.44 bits per heavy atom. The molecule has 50 valence electrons. The van der Waals surface area contributed by atoms with E-state index < -0.39 is 0 Å². The first-order valence-corrected chi connectivity index (χ1v) is 2.81. The van der Waals surface area contributed by atoms with Crippen LogP contribution in [0.25, 0.3) is 0 Å². The van der Waals surface area contributed by atoms with E-state index in [0.717, 1.165) is 11.6 Å². The van der Waals surface area contributed by atoms with E-state index >= 15 is 0 Å². The highest BCUT2D eigenvalue weighted by atomic mass is 16.5. The van der Waals surface area contributed by atoms with Gasteiger partial charge >= 0.3 is 0 Å². The van der Waals surface area contributed by atoms with Crippen molar-refractivity contribution in [3.63, 3.8) is 0 Å². The van der Waals surface area contributed by atoms with Gasteiger partial charge in [0.05, 0.1) is 0 Å². The van der Waals surface area contributed by atoms with Crippen LogP contribution in [-0.4, -0.2) is 19.3 Å². The van der Waals surface area contributed by atoms with Crippen molar-refractivity contribution in [3.05, 3.63) is 11.8 Å². The van der Waals surface area contributed by atoms with E-state index in [1.165, 1.54) is 0 Å². The van der Waals surface area contributed by atoms with Crippen molar-refractivity contribution in [2.24, 2.45) is 0 Å². The fraction of sp³-hybridized carbons (Fsp3) is 0.500. The maximum absolute atomic E-state index is 4.83. The summed E-state index contributed by atoms with van der Waals surface area (Å²) in [5.74, 6) is 1.71. The summed E-state index contributed by atoms with van der Waals surface area (Å²) in [4.78, 5) is 1.90. The third-order valence-electron chi connectivity index (χ3n) is 1.07. The van der Waals surface area contributed by atoms with Crippen LogP contribution in [0.4, 0.5) is 5.82 Å². The van der Waals surface area contributed by atoms with Gasteiger partial charge in [-0.3, -0.25) is 0 Å². The third-order valence-corrected chi connectivity index (χ3v) is 1.07. The molecule has 0 saturated carbocycles. The van der Waals surface area contributed by atoms with Gasteiger partial charge in [0.25, 0.3) is 0 Å². The van der Waals surface area contributed by atoms with Crippen LogP contribution in [0.1, 0.15) is 5.76 Å². The first-order valence-electron chi connectivity index (χ1n) is 2.81. The zero-order valence-electron chi connectivity index (χ0n) is 5.88. The highest BCUT2D eigenvalue weighted by molar-refractivity contribution is 5.34. The summed E-state index contributed by atoms with van der Waals surface area (Å²) in [5.41, 5.74) is 0. The van der Waals surface area contributed by atoms with E-state index in [1.807, 2.05) is 32.0 Å². The van der Waals surface area contributed by atoms with Gasteiger partial charge in [-0.1, -0.05) is 5.16 Å². The quantitative estimate of drug-likeness (QED) is 0.563. The standard InChI is InChI=1S/C6H10N2O/c1-5-4-6(7-9-5)8(2)3/h4H,1-3H3. The zero-order valence-corrected chi connectivity index (χ0v) is 5.88. The van der Waals surface area contributed by atoms with Crippen molar-refractivity contribution in [1.29, 1.82) is 0 Å². The van der Waals surface area contributed by atoms with Crippen molar-refractivity contribution >= 4 is 5.82 Å². The molecule has 0 spiro atoms. The van der Waals surface area contributed by atoms with E-state index in [9.17, 15) is 0 Å². The van der Waals surface area contributed by atoms with Gasteiger partial charge in [-0.15, -0.1) is 0 Å². The van der Waals surface area contributed by atoms with Gasteiger partial charge in [0.15, 0.2) is 5.82 Å². The summed E-state index contributed by atoms with van der Waals surface area (Å²) in [6, 6.07) is 1.89. The van der Waals surface area contributed by atoms with Crippen LogP contribution in [0.15, 0.2) is 10.6 Å². The number of rotatable bonds is 1. The number of hydrogen-bond acceptors (Lipinski definition) is 3. The summed E-state index contributed by atoms with van der Waals surface area (Å²) in [5, 5.41) is 3.77. The molecule has 3 nitrogen and oxygen atoms in total. The molecule has 0 radical (unpaired) electrons. The number of anilines is 1. The van der Waals surface area contributed by atoms with E-state index in [1.54, 1.807) is 0 Å². The highest BCUT2D eigenvalue weighted by Gasteiger charge is 1.99. The molecule has 1 aromatic heterocycles. The van der Waals surface area contributed by atoms with Crippen LogP contribution in [0.5, 0.6) is 0 Å². The van der Waals surface area contributed by atoms with Crippen molar-refractivity contribution in [1.82, 2.24) is 5.16 Å². The predicted octanol–water partition coefficient (Wildman–Crippen LogP) is 1.05. The molecule has 3 heteroatoms. The molecule has 1 rings (SSSR count). The lowest BCUT2D eigenvalue weighted by Crippen LogP contribution is -2.08. The Balaban J connectivity index is 2.85. The second-order valence-corrected chi connectivity index (χ2v) is 2.19. The molecule has 0 atom stereocenters. The lowest BCUT2D eigenvalue weighted by Gasteiger charge is -2.03. The molecule has 9 heavy (non-hydrogen) atoms. The maximum Gasteiger partial charge on any atom is 0.171 e. The molecule has 0 saturated heterocycles. The van der Waals surface area contributed by atoms with Crippen LogP contribution < -0.4 is 4.90 Å². The summed E-state index contributed by atoms with van der Waals surface area (Å²) in [6.45, 7) is 1.88. The summed E-state index contributed by atoms with van der Waals surface area (Å²) < 4.78 is 4.83. The monoisotopic (exact) mass is 126 g/mol. The van der Waals surface area contributed by atoms with E-state index in [0.29, 0.717) is 0 Å². The van der Waals surface area contributed by atoms with E-state index in [4.69, 9.17) is 4.52 Å². The molecular formula is C6H10N2O. The minimum Gasteiger partial charge on any atom is -0.360 e. The minimum atomic E-state index is 0.846. The van der Waals surface area contributed by atoms with Gasteiger partial charge in [-0.05, 0) is 6.92 Å². The Bertz CT molecular complexity index is 193. The molecule has 0 aliphatic heterocycles. The first-order chi connectivity index (χ1) is 4.20. The average Bonchev–Trinajstić information content (AvgIpc) is 2.14. The molecule has 0 aliphatic carbocycles. The maximum atomic E-state index is 4.83. The van der Waals surface area contributed by atoms with Gasteiger partial charge < -0.3 is 9.42 Å². The lowest BCUT2D eigenvalue weighted by molar-refractivity contribution is 0.398. The van der Waals surface area contributed by atoms with Gasteiger partial charge in [0, 0.05) is 20.2 Å². The SMILES string of the molecule is Cc1cc(N(C)C)no1. The van der Waals surface area contributed by atoms with Crippen LogP contribution in [-0.2, 0) is 0 Å². The number of hydrogen-bond donors (Lipinski definition) is 0. The number of nitrogens with zero attached hydrogens (tertiary/aromatic N) is 2. The number of aryl methyl sites for hydroxylation is 1. The Morgan fingerprint density at radius 2 is 2.22 bits per heavy atom. The Hall–Kier alpha value is -0.990. The molecular weight excluding hydrogens is 116 g/mol. The predicted molar refractivity (Wildman–Crippen MR) is 35.6 cm³/mol. The molecule has 0 amide bonds. The fourth-order valence-electron chi connectivity index (χ4n) is 0.564. The number of aromatic nitrogens is 1. The topological polar surface area (TPSA) is 29.3 Å². The molecule has 0 aliphatic rings. The second kappa shape index (κ2) is 2.09. The Kier molecular flexibility index (Phi) is 1.42. The highest BCUT2D eigenvalue weighted by Crippen LogP contribution is 2.08. The molecule has 0 unspecified atom stereocenters. The first kappa shape index (κ1) is 6.13. The van der Waals surface area contributed by atoms with Crippen molar-refractivity contribution in [2.45, 2.75) is 6.92 Å². The normalized spacial score (nSPS) is 9.67. The second-order valence-electron chi connectivity index (χ2n) is 2.19. The average molecular weight is 126 g/mol. The fourth-order valence-corrected chi connectivity index (χ4v) is 0.564. The van der Waals surface area contributed by atoms with E-state index in [2.05, 4.69) is 5.16 Å². The van der Waals surface area contributed by atoms with Crippen molar-refractivity contribution < 1.29 is 4.52 Å². The minimum absolute atomic E-state index is 0.846. The molecule has 0 N–H and O–H groups in total.